The molecule has 0 N–H and O–H groups in total. The van der Waals surface area contributed by atoms with Crippen LogP contribution in [-0.2, 0) is 4.79 Å². The van der Waals surface area contributed by atoms with Crippen molar-refractivity contribution >= 4 is 16.7 Å². The second-order valence-corrected chi connectivity index (χ2v) is 8.16. The number of benzene rings is 2. The molecule has 136 valence electrons. The Morgan fingerprint density at radius 2 is 1.69 bits per heavy atom. The molecule has 2 heterocycles. The third-order valence-corrected chi connectivity index (χ3v) is 6.57. The quantitative estimate of drug-likeness (QED) is 0.849. The van der Waals surface area contributed by atoms with E-state index in [9.17, 15) is 4.79 Å². The minimum atomic E-state index is 0.105. The minimum absolute atomic E-state index is 0.105. The van der Waals surface area contributed by atoms with Crippen LogP contribution in [0.2, 0.25) is 0 Å². The van der Waals surface area contributed by atoms with Gasteiger partial charge in [-0.2, -0.15) is 0 Å². The van der Waals surface area contributed by atoms with E-state index < -0.39 is 0 Å². The van der Waals surface area contributed by atoms with Gasteiger partial charge in [-0.3, -0.25) is 9.69 Å². The highest BCUT2D eigenvalue weighted by atomic mass is 16.5. The molecule has 0 radical (unpaired) electrons. The van der Waals surface area contributed by atoms with E-state index in [1.165, 1.54) is 37.7 Å². The molecule has 3 aliphatic rings. The average Bonchev–Trinajstić information content (AvgIpc) is 3.20. The van der Waals surface area contributed by atoms with Crippen LogP contribution >= 0.6 is 0 Å². The molecule has 2 unspecified atom stereocenters. The van der Waals surface area contributed by atoms with Gasteiger partial charge in [-0.1, -0.05) is 36.8 Å². The van der Waals surface area contributed by atoms with E-state index in [2.05, 4.69) is 17.0 Å². The van der Waals surface area contributed by atoms with E-state index in [1.807, 2.05) is 35.2 Å². The standard InChI is InChI=1S/C22H26N2O2/c25-22(15-26-21-9-8-16-4-1-2-5-17(16)10-21)24-13-20(14-24)23-11-18-6-3-7-19(18)12-23/h1-2,4-5,8-10,18-20H,3,6-7,11-15H2. The fourth-order valence-electron chi connectivity index (χ4n) is 4.95. The maximum absolute atomic E-state index is 12.4. The Morgan fingerprint density at radius 3 is 2.46 bits per heavy atom. The van der Waals surface area contributed by atoms with Crippen LogP contribution in [0, 0.1) is 11.8 Å². The zero-order valence-electron chi connectivity index (χ0n) is 15.1. The van der Waals surface area contributed by atoms with Crippen molar-refractivity contribution in [3.8, 4) is 5.75 Å². The zero-order chi connectivity index (χ0) is 17.5. The molecule has 1 aliphatic carbocycles. The summed E-state index contributed by atoms with van der Waals surface area (Å²) in [4.78, 5) is 17.0. The van der Waals surface area contributed by atoms with Gasteiger partial charge in [0.25, 0.3) is 5.91 Å². The Hall–Kier alpha value is -2.07. The van der Waals surface area contributed by atoms with E-state index in [4.69, 9.17) is 4.74 Å². The first kappa shape index (κ1) is 16.1. The molecule has 0 bridgehead atoms. The number of carbonyl (C=O) groups excluding carboxylic acids is 1. The van der Waals surface area contributed by atoms with Crippen molar-refractivity contribution < 1.29 is 9.53 Å². The van der Waals surface area contributed by atoms with Crippen LogP contribution in [0.5, 0.6) is 5.75 Å². The average molecular weight is 350 g/mol. The molecule has 4 nitrogen and oxygen atoms in total. The summed E-state index contributed by atoms with van der Waals surface area (Å²) in [6.45, 7) is 4.39. The predicted molar refractivity (Wildman–Crippen MR) is 102 cm³/mol. The summed E-state index contributed by atoms with van der Waals surface area (Å²) in [5, 5.41) is 2.33. The molecule has 4 heteroatoms. The van der Waals surface area contributed by atoms with Gasteiger partial charge in [0.2, 0.25) is 0 Å². The highest BCUT2D eigenvalue weighted by Crippen LogP contribution is 2.39. The van der Waals surface area contributed by atoms with Crippen molar-refractivity contribution in [3.63, 3.8) is 0 Å². The second kappa shape index (κ2) is 6.58. The maximum Gasteiger partial charge on any atom is 0.260 e. The first-order chi connectivity index (χ1) is 12.8. The summed E-state index contributed by atoms with van der Waals surface area (Å²) >= 11 is 0. The molecular weight excluding hydrogens is 324 g/mol. The number of hydrogen-bond acceptors (Lipinski definition) is 3. The topological polar surface area (TPSA) is 32.8 Å². The van der Waals surface area contributed by atoms with Gasteiger partial charge >= 0.3 is 0 Å². The number of carbonyl (C=O) groups is 1. The number of nitrogens with zero attached hydrogens (tertiary/aromatic N) is 2. The normalized spacial score (nSPS) is 26.1. The molecule has 3 fully saturated rings. The molecule has 1 saturated carbocycles. The third kappa shape index (κ3) is 2.96. The maximum atomic E-state index is 12.4. The van der Waals surface area contributed by atoms with Crippen molar-refractivity contribution in [3.05, 3.63) is 42.5 Å². The Morgan fingerprint density at radius 1 is 0.962 bits per heavy atom. The van der Waals surface area contributed by atoms with Gasteiger partial charge in [0.15, 0.2) is 6.61 Å². The van der Waals surface area contributed by atoms with E-state index in [-0.39, 0.29) is 12.5 Å². The van der Waals surface area contributed by atoms with E-state index in [0.717, 1.165) is 36.1 Å². The van der Waals surface area contributed by atoms with Crippen molar-refractivity contribution in [1.29, 1.82) is 0 Å². The highest BCUT2D eigenvalue weighted by molar-refractivity contribution is 5.84. The van der Waals surface area contributed by atoms with E-state index in [1.54, 1.807) is 0 Å². The lowest BCUT2D eigenvalue weighted by atomic mass is 10.0. The molecule has 1 amide bonds. The van der Waals surface area contributed by atoms with Crippen LogP contribution in [0.4, 0.5) is 0 Å². The van der Waals surface area contributed by atoms with Crippen molar-refractivity contribution in [1.82, 2.24) is 9.80 Å². The van der Waals surface area contributed by atoms with Crippen LogP contribution in [0.1, 0.15) is 19.3 Å². The molecular formula is C22H26N2O2. The lowest BCUT2D eigenvalue weighted by Gasteiger charge is -2.44. The van der Waals surface area contributed by atoms with Gasteiger partial charge in [0.1, 0.15) is 5.75 Å². The van der Waals surface area contributed by atoms with E-state index >= 15 is 0 Å². The number of hydrogen-bond donors (Lipinski definition) is 0. The van der Waals surface area contributed by atoms with Gasteiger partial charge in [-0.25, -0.2) is 0 Å². The van der Waals surface area contributed by atoms with Crippen LogP contribution in [0.3, 0.4) is 0 Å². The van der Waals surface area contributed by atoms with Gasteiger partial charge in [-0.05, 0) is 47.6 Å². The van der Waals surface area contributed by atoms with Gasteiger partial charge in [0.05, 0.1) is 0 Å². The number of rotatable bonds is 4. The van der Waals surface area contributed by atoms with Crippen molar-refractivity contribution in [2.24, 2.45) is 11.8 Å². The Bertz CT molecular complexity index is 803. The molecule has 5 rings (SSSR count). The summed E-state index contributed by atoms with van der Waals surface area (Å²) in [6.07, 6.45) is 4.25. The second-order valence-electron chi connectivity index (χ2n) is 8.16. The lowest BCUT2D eigenvalue weighted by molar-refractivity contribution is -0.140. The summed E-state index contributed by atoms with van der Waals surface area (Å²) in [7, 11) is 0. The van der Waals surface area contributed by atoms with Crippen molar-refractivity contribution in [2.75, 3.05) is 32.8 Å². The molecule has 26 heavy (non-hydrogen) atoms. The largest absolute Gasteiger partial charge is 0.484 e. The monoisotopic (exact) mass is 350 g/mol. The molecule has 2 aliphatic heterocycles. The third-order valence-electron chi connectivity index (χ3n) is 6.57. The summed E-state index contributed by atoms with van der Waals surface area (Å²) in [6, 6.07) is 14.8. The Balaban J connectivity index is 1.11. The zero-order valence-corrected chi connectivity index (χ0v) is 15.1. The number of fused-ring (bicyclic) bond motifs is 2. The fraction of sp³-hybridized carbons (Fsp3) is 0.500. The molecule has 2 aromatic rings. The summed E-state index contributed by atoms with van der Waals surface area (Å²) in [5.74, 6) is 2.72. The Labute approximate surface area is 154 Å². The molecule has 2 atom stereocenters. The minimum Gasteiger partial charge on any atom is -0.484 e. The first-order valence-corrected chi connectivity index (χ1v) is 9.90. The van der Waals surface area contributed by atoms with Crippen LogP contribution in [0.25, 0.3) is 10.8 Å². The number of likely N-dealkylation sites (tertiary alicyclic amines) is 2. The van der Waals surface area contributed by atoms with E-state index in [0.29, 0.717) is 6.04 Å². The van der Waals surface area contributed by atoms with Gasteiger partial charge < -0.3 is 9.64 Å². The van der Waals surface area contributed by atoms with Crippen molar-refractivity contribution in [2.45, 2.75) is 25.3 Å². The van der Waals surface area contributed by atoms with Gasteiger partial charge in [-0.15, -0.1) is 0 Å². The highest BCUT2D eigenvalue weighted by Gasteiger charge is 2.43. The first-order valence-electron chi connectivity index (χ1n) is 9.90. The number of ether oxygens (including phenoxy) is 1. The smallest absolute Gasteiger partial charge is 0.260 e. The lowest BCUT2D eigenvalue weighted by Crippen LogP contribution is -2.61. The van der Waals surface area contributed by atoms with Gasteiger partial charge in [0, 0.05) is 32.2 Å². The Kier molecular flexibility index (Phi) is 4.08. The van der Waals surface area contributed by atoms with Crippen LogP contribution in [0.15, 0.2) is 42.5 Å². The SMILES string of the molecule is O=C(COc1ccc2ccccc2c1)N1CC(N2CC3CCCC3C2)C1. The van der Waals surface area contributed by atoms with Crippen LogP contribution < -0.4 is 4.74 Å². The number of amides is 1. The summed E-state index contributed by atoms with van der Waals surface area (Å²) in [5.41, 5.74) is 0. The predicted octanol–water partition coefficient (Wildman–Crippen LogP) is 3.16. The molecule has 2 saturated heterocycles. The summed E-state index contributed by atoms with van der Waals surface area (Å²) < 4.78 is 5.75. The molecule has 0 spiro atoms. The van der Waals surface area contributed by atoms with Crippen LogP contribution in [-0.4, -0.2) is 54.5 Å². The molecule has 0 aromatic heterocycles. The fourth-order valence-corrected chi connectivity index (χ4v) is 4.95. The molecule has 2 aromatic carbocycles.